The molecule has 1 amide bonds. The number of aromatic amines is 1. The average Bonchev–Trinajstić information content (AvgIpc) is 3.13. The van der Waals surface area contributed by atoms with Crippen molar-refractivity contribution in [3.63, 3.8) is 0 Å². The number of carbonyl (C=O) groups is 2. The molecule has 3 rings (SSSR count). The molecule has 0 spiro atoms. The third-order valence-corrected chi connectivity index (χ3v) is 4.43. The van der Waals surface area contributed by atoms with E-state index in [1.807, 2.05) is 13.0 Å². The Bertz CT molecular complexity index is 759. The Hall–Kier alpha value is -2.34. The SMILES string of the molecule is C[C@@H]1CN(C(=O)c2cn[nH]c2-c2cccc(Cl)c2)C[C@H]1C(=O)O. The topological polar surface area (TPSA) is 86.3 Å². The molecule has 1 aliphatic rings. The van der Waals surface area contributed by atoms with E-state index in [1.54, 1.807) is 23.1 Å². The highest BCUT2D eigenvalue weighted by atomic mass is 35.5. The molecule has 0 aliphatic carbocycles. The first-order valence-corrected chi connectivity index (χ1v) is 7.66. The van der Waals surface area contributed by atoms with Crippen LogP contribution in [-0.4, -0.2) is 45.2 Å². The molecule has 2 aromatic rings. The third-order valence-electron chi connectivity index (χ3n) is 4.20. The number of carboxylic acid groups (broad SMARTS) is 1. The number of H-pyrrole nitrogens is 1. The molecule has 1 aliphatic heterocycles. The lowest BCUT2D eigenvalue weighted by atomic mass is 9.99. The molecule has 1 fully saturated rings. The molecule has 23 heavy (non-hydrogen) atoms. The van der Waals surface area contributed by atoms with E-state index in [1.165, 1.54) is 6.20 Å². The fraction of sp³-hybridized carbons (Fsp3) is 0.312. The summed E-state index contributed by atoms with van der Waals surface area (Å²) >= 11 is 6.00. The Balaban J connectivity index is 1.88. The van der Waals surface area contributed by atoms with E-state index in [2.05, 4.69) is 10.2 Å². The van der Waals surface area contributed by atoms with Gasteiger partial charge in [-0.2, -0.15) is 5.10 Å². The van der Waals surface area contributed by atoms with E-state index in [4.69, 9.17) is 11.6 Å². The largest absolute Gasteiger partial charge is 0.481 e. The second-order valence-electron chi connectivity index (χ2n) is 5.80. The van der Waals surface area contributed by atoms with Crippen LogP contribution in [0.1, 0.15) is 17.3 Å². The molecule has 0 bridgehead atoms. The molecule has 2 atom stereocenters. The van der Waals surface area contributed by atoms with Crippen LogP contribution in [0.5, 0.6) is 0 Å². The van der Waals surface area contributed by atoms with Crippen LogP contribution >= 0.6 is 11.6 Å². The predicted molar refractivity (Wildman–Crippen MR) is 85.2 cm³/mol. The van der Waals surface area contributed by atoms with Crippen LogP contribution in [0.4, 0.5) is 0 Å². The lowest BCUT2D eigenvalue weighted by Gasteiger charge is -2.16. The molecule has 1 aromatic heterocycles. The predicted octanol–water partition coefficient (Wildman–Crippen LogP) is 2.52. The molecule has 1 saturated heterocycles. The van der Waals surface area contributed by atoms with Crippen molar-refractivity contribution in [2.24, 2.45) is 11.8 Å². The van der Waals surface area contributed by atoms with Crippen molar-refractivity contribution in [2.75, 3.05) is 13.1 Å². The summed E-state index contributed by atoms with van der Waals surface area (Å²) in [4.78, 5) is 25.5. The summed E-state index contributed by atoms with van der Waals surface area (Å²) in [5.74, 6) is -1.68. The van der Waals surface area contributed by atoms with Gasteiger partial charge in [-0.25, -0.2) is 0 Å². The van der Waals surface area contributed by atoms with Crippen molar-refractivity contribution in [3.05, 3.63) is 41.0 Å². The number of nitrogens with zero attached hydrogens (tertiary/aromatic N) is 2. The van der Waals surface area contributed by atoms with Crippen LogP contribution in [0, 0.1) is 11.8 Å². The summed E-state index contributed by atoms with van der Waals surface area (Å²) in [5, 5.41) is 16.6. The number of carbonyl (C=O) groups excluding carboxylic acids is 1. The molecule has 120 valence electrons. The molecule has 0 unspecified atom stereocenters. The van der Waals surface area contributed by atoms with Gasteiger partial charge in [-0.3, -0.25) is 14.7 Å². The summed E-state index contributed by atoms with van der Waals surface area (Å²) < 4.78 is 0. The summed E-state index contributed by atoms with van der Waals surface area (Å²) in [5.41, 5.74) is 1.77. The minimum atomic E-state index is -0.866. The van der Waals surface area contributed by atoms with Gasteiger partial charge in [-0.15, -0.1) is 0 Å². The van der Waals surface area contributed by atoms with Crippen molar-refractivity contribution >= 4 is 23.5 Å². The van der Waals surface area contributed by atoms with Gasteiger partial charge in [0.15, 0.2) is 0 Å². The number of rotatable bonds is 3. The van der Waals surface area contributed by atoms with E-state index < -0.39 is 11.9 Å². The van der Waals surface area contributed by atoms with Crippen LogP contribution in [0.2, 0.25) is 5.02 Å². The van der Waals surface area contributed by atoms with E-state index in [0.29, 0.717) is 22.8 Å². The van der Waals surface area contributed by atoms with Gasteiger partial charge in [0.2, 0.25) is 0 Å². The highest BCUT2D eigenvalue weighted by molar-refractivity contribution is 6.30. The highest BCUT2D eigenvalue weighted by Crippen LogP contribution is 2.28. The van der Waals surface area contributed by atoms with E-state index in [-0.39, 0.29) is 18.4 Å². The number of carboxylic acids is 1. The monoisotopic (exact) mass is 333 g/mol. The van der Waals surface area contributed by atoms with Gasteiger partial charge in [0.1, 0.15) is 0 Å². The fourth-order valence-corrected chi connectivity index (χ4v) is 3.13. The minimum absolute atomic E-state index is 0.0713. The highest BCUT2D eigenvalue weighted by Gasteiger charge is 2.38. The van der Waals surface area contributed by atoms with Gasteiger partial charge < -0.3 is 10.0 Å². The number of hydrogen-bond donors (Lipinski definition) is 2. The van der Waals surface area contributed by atoms with Crippen LogP contribution in [0.25, 0.3) is 11.3 Å². The maximum absolute atomic E-state index is 12.7. The van der Waals surface area contributed by atoms with Crippen molar-refractivity contribution in [3.8, 4) is 11.3 Å². The molecular formula is C16H16ClN3O3. The van der Waals surface area contributed by atoms with Crippen LogP contribution in [0.15, 0.2) is 30.5 Å². The zero-order valence-electron chi connectivity index (χ0n) is 12.5. The Kier molecular flexibility index (Phi) is 4.09. The fourth-order valence-electron chi connectivity index (χ4n) is 2.94. The molecular weight excluding hydrogens is 318 g/mol. The van der Waals surface area contributed by atoms with Gasteiger partial charge in [-0.1, -0.05) is 30.7 Å². The number of benzene rings is 1. The van der Waals surface area contributed by atoms with Gasteiger partial charge in [0.25, 0.3) is 5.91 Å². The second-order valence-corrected chi connectivity index (χ2v) is 6.24. The summed E-state index contributed by atoms with van der Waals surface area (Å²) in [6, 6.07) is 7.13. The standard InChI is InChI=1S/C16H16ClN3O3/c1-9-7-20(8-13(9)16(22)23)15(21)12-6-18-19-14(12)10-3-2-4-11(17)5-10/h2-6,9,13H,7-8H2,1H3,(H,18,19)(H,22,23)/t9-,13-/m1/s1. The third kappa shape index (κ3) is 2.94. The number of amides is 1. The van der Waals surface area contributed by atoms with E-state index in [0.717, 1.165) is 5.56 Å². The molecule has 1 aromatic carbocycles. The van der Waals surface area contributed by atoms with Gasteiger partial charge >= 0.3 is 5.97 Å². The minimum Gasteiger partial charge on any atom is -0.481 e. The number of aliphatic carboxylic acids is 1. The average molecular weight is 334 g/mol. The van der Waals surface area contributed by atoms with Crippen molar-refractivity contribution in [2.45, 2.75) is 6.92 Å². The Morgan fingerprint density at radius 1 is 1.39 bits per heavy atom. The van der Waals surface area contributed by atoms with Gasteiger partial charge in [0, 0.05) is 23.7 Å². The maximum atomic E-state index is 12.7. The van der Waals surface area contributed by atoms with E-state index in [9.17, 15) is 14.7 Å². The van der Waals surface area contributed by atoms with Crippen molar-refractivity contribution in [1.82, 2.24) is 15.1 Å². The first-order chi connectivity index (χ1) is 11.0. The molecule has 2 heterocycles. The summed E-state index contributed by atoms with van der Waals surface area (Å²) in [6.07, 6.45) is 1.47. The Labute approximate surface area is 138 Å². The zero-order valence-corrected chi connectivity index (χ0v) is 13.2. The lowest BCUT2D eigenvalue weighted by Crippen LogP contribution is -2.30. The number of halogens is 1. The second kappa shape index (κ2) is 6.04. The quantitative estimate of drug-likeness (QED) is 0.903. The smallest absolute Gasteiger partial charge is 0.308 e. The normalized spacial score (nSPS) is 20.7. The Morgan fingerprint density at radius 3 is 2.83 bits per heavy atom. The maximum Gasteiger partial charge on any atom is 0.308 e. The number of likely N-dealkylation sites (tertiary alicyclic amines) is 1. The van der Waals surface area contributed by atoms with E-state index >= 15 is 0 Å². The molecule has 0 saturated carbocycles. The zero-order chi connectivity index (χ0) is 16.6. The van der Waals surface area contributed by atoms with Crippen LogP contribution in [-0.2, 0) is 4.79 Å². The van der Waals surface area contributed by atoms with Crippen LogP contribution in [0.3, 0.4) is 0 Å². The number of hydrogen-bond acceptors (Lipinski definition) is 3. The number of nitrogens with one attached hydrogen (secondary N) is 1. The molecule has 2 N–H and O–H groups in total. The lowest BCUT2D eigenvalue weighted by molar-refractivity contribution is -0.142. The van der Waals surface area contributed by atoms with Gasteiger partial charge in [0.05, 0.1) is 23.4 Å². The molecule has 0 radical (unpaired) electrons. The van der Waals surface area contributed by atoms with Crippen molar-refractivity contribution < 1.29 is 14.7 Å². The van der Waals surface area contributed by atoms with Crippen LogP contribution < -0.4 is 0 Å². The molecule has 7 heteroatoms. The Morgan fingerprint density at radius 2 is 2.17 bits per heavy atom. The first kappa shape index (κ1) is 15.6. The molecule has 6 nitrogen and oxygen atoms in total. The summed E-state index contributed by atoms with van der Waals surface area (Å²) in [6.45, 7) is 2.49. The van der Waals surface area contributed by atoms with Crippen molar-refractivity contribution in [1.29, 1.82) is 0 Å². The first-order valence-electron chi connectivity index (χ1n) is 7.28. The van der Waals surface area contributed by atoms with Gasteiger partial charge in [-0.05, 0) is 18.1 Å². The summed E-state index contributed by atoms with van der Waals surface area (Å²) in [7, 11) is 0. The number of aromatic nitrogens is 2.